The fourth-order valence-electron chi connectivity index (χ4n) is 4.35. The van der Waals surface area contributed by atoms with Crippen molar-refractivity contribution in [1.82, 2.24) is 20.1 Å². The third-order valence-electron chi connectivity index (χ3n) is 5.85. The highest BCUT2D eigenvalue weighted by atomic mass is 35.5. The first-order valence-electron chi connectivity index (χ1n) is 9.80. The zero-order valence-corrected chi connectivity index (χ0v) is 17.2. The Bertz CT molecular complexity index is 918. The van der Waals surface area contributed by atoms with Gasteiger partial charge in [0.1, 0.15) is 11.4 Å². The molecule has 2 aromatic rings. The molecule has 2 aromatic heterocycles. The number of anilines is 1. The predicted molar refractivity (Wildman–Crippen MR) is 106 cm³/mol. The van der Waals surface area contributed by atoms with Gasteiger partial charge in [0, 0.05) is 30.9 Å². The molecular formula is C20H23ClF3N5. The lowest BCUT2D eigenvalue weighted by Crippen LogP contribution is -2.49. The first kappa shape index (κ1) is 20.3. The third kappa shape index (κ3) is 3.92. The van der Waals surface area contributed by atoms with E-state index in [9.17, 15) is 13.2 Å². The number of hydrogen-bond donors (Lipinski definition) is 0. The molecule has 2 aliphatic rings. The van der Waals surface area contributed by atoms with Crippen molar-refractivity contribution < 1.29 is 13.2 Å². The molecule has 0 spiro atoms. The van der Waals surface area contributed by atoms with Crippen LogP contribution in [0.15, 0.2) is 12.3 Å². The molecule has 5 nitrogen and oxygen atoms in total. The SMILES string of the molecule is Cc1c(-c2ncc(C(F)(F)F)cc2Cl)nnc2c1CCCN2[C@@H]1CCCN(C)C1. The molecule has 2 aliphatic heterocycles. The number of pyridine rings is 1. The number of aromatic nitrogens is 3. The fraction of sp³-hybridized carbons (Fsp3) is 0.550. The van der Waals surface area contributed by atoms with Crippen LogP contribution in [-0.4, -0.2) is 52.8 Å². The van der Waals surface area contributed by atoms with Gasteiger partial charge in [0.05, 0.1) is 10.6 Å². The Morgan fingerprint density at radius 2 is 1.93 bits per heavy atom. The Hall–Kier alpha value is -1.93. The van der Waals surface area contributed by atoms with E-state index in [2.05, 4.69) is 32.0 Å². The number of piperidine rings is 1. The van der Waals surface area contributed by atoms with Gasteiger partial charge >= 0.3 is 6.18 Å². The lowest BCUT2D eigenvalue weighted by atomic mass is 9.95. The van der Waals surface area contributed by atoms with Crippen LogP contribution in [-0.2, 0) is 12.6 Å². The van der Waals surface area contributed by atoms with E-state index in [1.165, 1.54) is 0 Å². The highest BCUT2D eigenvalue weighted by Crippen LogP contribution is 2.37. The van der Waals surface area contributed by atoms with Gasteiger partial charge in [-0.3, -0.25) is 4.98 Å². The summed E-state index contributed by atoms with van der Waals surface area (Å²) in [7, 11) is 2.13. The first-order valence-corrected chi connectivity index (χ1v) is 10.2. The Morgan fingerprint density at radius 3 is 2.62 bits per heavy atom. The van der Waals surface area contributed by atoms with Crippen molar-refractivity contribution in [3.63, 3.8) is 0 Å². The molecule has 1 atom stereocenters. The van der Waals surface area contributed by atoms with E-state index in [1.54, 1.807) is 0 Å². The molecule has 9 heteroatoms. The summed E-state index contributed by atoms with van der Waals surface area (Å²) in [5, 5.41) is 8.76. The number of nitrogens with zero attached hydrogens (tertiary/aromatic N) is 5. The molecule has 4 heterocycles. The molecule has 0 radical (unpaired) electrons. The number of likely N-dealkylation sites (N-methyl/N-ethyl adjacent to an activating group) is 1. The summed E-state index contributed by atoms with van der Waals surface area (Å²) in [6.07, 6.45) is 0.459. The number of fused-ring (bicyclic) bond motifs is 1. The van der Waals surface area contributed by atoms with Crippen molar-refractivity contribution >= 4 is 17.4 Å². The zero-order valence-electron chi connectivity index (χ0n) is 16.4. The highest BCUT2D eigenvalue weighted by Gasteiger charge is 2.33. The van der Waals surface area contributed by atoms with Crippen LogP contribution >= 0.6 is 11.6 Å². The average Bonchev–Trinajstić information content (AvgIpc) is 2.68. The minimum atomic E-state index is -4.49. The Kier molecular flexibility index (Phi) is 5.42. The van der Waals surface area contributed by atoms with Gasteiger partial charge in [-0.15, -0.1) is 10.2 Å². The summed E-state index contributed by atoms with van der Waals surface area (Å²) in [5.41, 5.74) is 1.79. The van der Waals surface area contributed by atoms with Gasteiger partial charge in [0.2, 0.25) is 0 Å². The van der Waals surface area contributed by atoms with Gasteiger partial charge < -0.3 is 9.80 Å². The number of rotatable bonds is 2. The normalized spacial score (nSPS) is 20.6. The van der Waals surface area contributed by atoms with E-state index in [1.807, 2.05) is 6.92 Å². The van der Waals surface area contributed by atoms with Crippen LogP contribution < -0.4 is 4.90 Å². The molecule has 156 valence electrons. The van der Waals surface area contributed by atoms with Crippen molar-refractivity contribution in [3.05, 3.63) is 34.0 Å². The second-order valence-corrected chi connectivity index (χ2v) is 8.29. The van der Waals surface area contributed by atoms with Crippen LogP contribution in [0.2, 0.25) is 5.02 Å². The van der Waals surface area contributed by atoms with Crippen LogP contribution in [0.5, 0.6) is 0 Å². The van der Waals surface area contributed by atoms with Crippen molar-refractivity contribution in [2.24, 2.45) is 0 Å². The van der Waals surface area contributed by atoms with Gasteiger partial charge in [-0.05, 0) is 57.8 Å². The van der Waals surface area contributed by atoms with Gasteiger partial charge in [-0.25, -0.2) is 0 Å². The maximum atomic E-state index is 12.9. The largest absolute Gasteiger partial charge is 0.417 e. The average molecular weight is 426 g/mol. The second kappa shape index (κ2) is 7.72. The van der Waals surface area contributed by atoms with Gasteiger partial charge in [-0.1, -0.05) is 11.6 Å². The molecule has 0 aromatic carbocycles. The molecule has 0 bridgehead atoms. The molecule has 0 amide bonds. The van der Waals surface area contributed by atoms with Crippen LogP contribution in [0.25, 0.3) is 11.4 Å². The van der Waals surface area contributed by atoms with E-state index in [0.717, 1.165) is 74.5 Å². The minimum absolute atomic E-state index is 0.0706. The number of likely N-dealkylation sites (tertiary alicyclic amines) is 1. The Balaban J connectivity index is 1.70. The zero-order chi connectivity index (χ0) is 20.8. The molecular weight excluding hydrogens is 403 g/mol. The molecule has 1 saturated heterocycles. The minimum Gasteiger partial charge on any atom is -0.351 e. The number of halogens is 4. The summed E-state index contributed by atoms with van der Waals surface area (Å²) in [5.74, 6) is 0.890. The lowest BCUT2D eigenvalue weighted by molar-refractivity contribution is -0.137. The summed E-state index contributed by atoms with van der Waals surface area (Å²) in [6, 6.07) is 1.30. The maximum Gasteiger partial charge on any atom is 0.417 e. The van der Waals surface area contributed by atoms with Crippen LogP contribution in [0.1, 0.15) is 36.0 Å². The Labute approximate surface area is 172 Å². The highest BCUT2D eigenvalue weighted by molar-refractivity contribution is 6.33. The van der Waals surface area contributed by atoms with E-state index in [-0.39, 0.29) is 10.7 Å². The van der Waals surface area contributed by atoms with Crippen molar-refractivity contribution in [2.45, 2.75) is 44.8 Å². The van der Waals surface area contributed by atoms with Gasteiger partial charge in [-0.2, -0.15) is 13.2 Å². The summed E-state index contributed by atoms with van der Waals surface area (Å²) < 4.78 is 38.8. The molecule has 0 aliphatic carbocycles. The monoisotopic (exact) mass is 425 g/mol. The van der Waals surface area contributed by atoms with Crippen LogP contribution in [0.3, 0.4) is 0 Å². The van der Waals surface area contributed by atoms with E-state index in [4.69, 9.17) is 11.6 Å². The van der Waals surface area contributed by atoms with Gasteiger partial charge in [0.25, 0.3) is 0 Å². The van der Waals surface area contributed by atoms with E-state index in [0.29, 0.717) is 11.7 Å². The summed E-state index contributed by atoms with van der Waals surface area (Å²) in [4.78, 5) is 8.65. The molecule has 0 saturated carbocycles. The smallest absolute Gasteiger partial charge is 0.351 e. The predicted octanol–water partition coefficient (Wildman–Crippen LogP) is 4.37. The van der Waals surface area contributed by atoms with E-state index >= 15 is 0 Å². The van der Waals surface area contributed by atoms with Crippen LogP contribution in [0.4, 0.5) is 19.0 Å². The molecule has 0 unspecified atom stereocenters. The third-order valence-corrected chi connectivity index (χ3v) is 6.14. The molecule has 1 fully saturated rings. The molecule has 4 rings (SSSR count). The van der Waals surface area contributed by atoms with Gasteiger partial charge in [0.15, 0.2) is 5.82 Å². The Morgan fingerprint density at radius 1 is 1.14 bits per heavy atom. The second-order valence-electron chi connectivity index (χ2n) is 7.88. The standard InChI is InChI=1S/C20H23ClF3N5/c1-12-15-6-4-8-29(14-5-3-7-28(2)11-14)19(15)27-26-17(12)18-16(21)9-13(10-25-18)20(22,23)24/h9-10,14H,3-8,11H2,1-2H3/t14-/m1/s1. The summed E-state index contributed by atoms with van der Waals surface area (Å²) in [6.45, 7) is 4.97. The topological polar surface area (TPSA) is 45.2 Å². The van der Waals surface area contributed by atoms with Crippen LogP contribution in [0, 0.1) is 6.92 Å². The maximum absolute atomic E-state index is 12.9. The molecule has 0 N–H and O–H groups in total. The van der Waals surface area contributed by atoms with Crippen molar-refractivity contribution in [1.29, 1.82) is 0 Å². The quantitative estimate of drug-likeness (QED) is 0.715. The van der Waals surface area contributed by atoms with Crippen molar-refractivity contribution in [3.8, 4) is 11.4 Å². The number of alkyl halides is 3. The summed E-state index contributed by atoms with van der Waals surface area (Å²) >= 11 is 6.15. The molecule has 29 heavy (non-hydrogen) atoms. The van der Waals surface area contributed by atoms with E-state index < -0.39 is 11.7 Å². The van der Waals surface area contributed by atoms with Crippen molar-refractivity contribution in [2.75, 3.05) is 31.6 Å². The number of hydrogen-bond acceptors (Lipinski definition) is 5. The first-order chi connectivity index (χ1) is 13.8. The fourth-order valence-corrected chi connectivity index (χ4v) is 4.60. The lowest BCUT2D eigenvalue weighted by Gasteiger charge is -2.41.